The molecule has 0 saturated carbocycles. The van der Waals surface area contributed by atoms with E-state index in [1.165, 1.54) is 32.5 Å². The van der Waals surface area contributed by atoms with Crippen molar-refractivity contribution in [2.45, 2.75) is 72.8 Å². The summed E-state index contributed by atoms with van der Waals surface area (Å²) in [7, 11) is 0. The zero-order valence-electron chi connectivity index (χ0n) is 15.6. The third kappa shape index (κ3) is 6.00. The Morgan fingerprint density at radius 3 is 2.00 bits per heavy atom. The van der Waals surface area contributed by atoms with E-state index in [9.17, 15) is 4.79 Å². The lowest BCUT2D eigenvalue weighted by Gasteiger charge is -2.38. The molecular formula is C19H38N2O. The van der Waals surface area contributed by atoms with Gasteiger partial charge in [0, 0.05) is 24.9 Å². The molecule has 2 fully saturated rings. The molecule has 0 amide bonds. The summed E-state index contributed by atoms with van der Waals surface area (Å²) in [5.74, 6) is 1.72. The van der Waals surface area contributed by atoms with Gasteiger partial charge in [-0.25, -0.2) is 0 Å². The molecule has 2 aliphatic heterocycles. The maximum atomic E-state index is 11.7. The number of carbonyl (C=O) groups is 1. The van der Waals surface area contributed by atoms with Crippen LogP contribution in [0.25, 0.3) is 0 Å². The molecule has 0 radical (unpaired) electrons. The predicted molar refractivity (Wildman–Crippen MR) is 95.2 cm³/mol. The first-order valence-electron chi connectivity index (χ1n) is 9.59. The number of hydrogen-bond donors (Lipinski definition) is 0. The molecule has 0 aliphatic carbocycles. The second kappa shape index (κ2) is 10.4. The summed E-state index contributed by atoms with van der Waals surface area (Å²) >= 11 is 0. The Balaban J connectivity index is 0.00000116. The molecule has 0 spiro atoms. The molecule has 130 valence electrons. The van der Waals surface area contributed by atoms with E-state index in [1.54, 1.807) is 0 Å². The molecule has 3 nitrogen and oxygen atoms in total. The Morgan fingerprint density at radius 2 is 1.55 bits per heavy atom. The van der Waals surface area contributed by atoms with Crippen LogP contribution in [0.15, 0.2) is 0 Å². The van der Waals surface area contributed by atoms with Gasteiger partial charge >= 0.3 is 0 Å². The van der Waals surface area contributed by atoms with Crippen molar-refractivity contribution < 1.29 is 4.79 Å². The molecule has 0 atom stereocenters. The van der Waals surface area contributed by atoms with Gasteiger partial charge in [-0.05, 0) is 71.6 Å². The maximum Gasteiger partial charge on any atom is 0.135 e. The second-order valence-electron chi connectivity index (χ2n) is 6.97. The molecule has 2 heterocycles. The Hall–Kier alpha value is -0.410. The first-order chi connectivity index (χ1) is 10.6. The Bertz CT molecular complexity index is 301. The highest BCUT2D eigenvalue weighted by atomic mass is 16.1. The van der Waals surface area contributed by atoms with E-state index in [-0.39, 0.29) is 0 Å². The Kier molecular flexibility index (Phi) is 9.27. The highest BCUT2D eigenvalue weighted by molar-refractivity contribution is 5.80. The fraction of sp³-hybridized carbons (Fsp3) is 0.947. The van der Waals surface area contributed by atoms with Gasteiger partial charge in [0.25, 0.3) is 0 Å². The zero-order valence-corrected chi connectivity index (χ0v) is 15.6. The van der Waals surface area contributed by atoms with Crippen molar-refractivity contribution in [3.63, 3.8) is 0 Å². The third-order valence-corrected chi connectivity index (χ3v) is 5.29. The van der Waals surface area contributed by atoms with Gasteiger partial charge in [0.15, 0.2) is 0 Å². The van der Waals surface area contributed by atoms with Crippen molar-refractivity contribution in [3.8, 4) is 0 Å². The van der Waals surface area contributed by atoms with Gasteiger partial charge in [-0.1, -0.05) is 20.8 Å². The van der Waals surface area contributed by atoms with Gasteiger partial charge in [-0.2, -0.15) is 0 Å². The van der Waals surface area contributed by atoms with Crippen molar-refractivity contribution in [1.82, 2.24) is 9.80 Å². The lowest BCUT2D eigenvalue weighted by Crippen LogP contribution is -2.43. The third-order valence-electron chi connectivity index (χ3n) is 5.29. The average Bonchev–Trinajstić information content (AvgIpc) is 2.57. The van der Waals surface area contributed by atoms with Crippen molar-refractivity contribution in [1.29, 1.82) is 0 Å². The van der Waals surface area contributed by atoms with Gasteiger partial charge in [0.2, 0.25) is 0 Å². The number of hydrogen-bond acceptors (Lipinski definition) is 3. The van der Waals surface area contributed by atoms with Crippen molar-refractivity contribution >= 4 is 5.78 Å². The topological polar surface area (TPSA) is 23.6 Å². The molecular weight excluding hydrogens is 272 g/mol. The minimum Gasteiger partial charge on any atom is -0.303 e. The normalized spacial score (nSPS) is 22.5. The molecule has 2 aliphatic rings. The molecule has 22 heavy (non-hydrogen) atoms. The summed E-state index contributed by atoms with van der Waals surface area (Å²) in [6.07, 6.45) is 5.62. The zero-order chi connectivity index (χ0) is 16.5. The summed E-state index contributed by atoms with van der Waals surface area (Å²) in [5.41, 5.74) is 0. The molecule has 0 aromatic rings. The fourth-order valence-corrected chi connectivity index (χ4v) is 3.74. The van der Waals surface area contributed by atoms with E-state index < -0.39 is 0 Å². The van der Waals surface area contributed by atoms with Gasteiger partial charge in [-0.15, -0.1) is 0 Å². The lowest BCUT2D eigenvalue weighted by atomic mass is 9.89. The molecule has 0 bridgehead atoms. The van der Waals surface area contributed by atoms with Crippen molar-refractivity contribution in [3.05, 3.63) is 0 Å². The monoisotopic (exact) mass is 310 g/mol. The number of rotatable bonds is 5. The quantitative estimate of drug-likeness (QED) is 0.771. The van der Waals surface area contributed by atoms with E-state index in [1.807, 2.05) is 20.8 Å². The van der Waals surface area contributed by atoms with Crippen molar-refractivity contribution in [2.24, 2.45) is 11.8 Å². The van der Waals surface area contributed by atoms with Crippen molar-refractivity contribution in [2.75, 3.05) is 32.7 Å². The average molecular weight is 311 g/mol. The van der Waals surface area contributed by atoms with Crippen LogP contribution in [0.4, 0.5) is 0 Å². The Labute approximate surface area is 138 Å². The van der Waals surface area contributed by atoms with Gasteiger partial charge in [0.05, 0.1) is 0 Å². The molecule has 2 saturated heterocycles. The molecule has 2 rings (SSSR count). The van der Waals surface area contributed by atoms with Crippen LogP contribution < -0.4 is 0 Å². The smallest absolute Gasteiger partial charge is 0.135 e. The highest BCUT2D eigenvalue weighted by Crippen LogP contribution is 2.24. The summed E-state index contributed by atoms with van der Waals surface area (Å²) in [4.78, 5) is 16.9. The molecule has 0 aromatic carbocycles. The Morgan fingerprint density at radius 1 is 1.00 bits per heavy atom. The number of Topliss-reactive ketones (excluding diaryl/α,β-unsaturated/α-hetero) is 1. The van der Waals surface area contributed by atoms with E-state index >= 15 is 0 Å². The summed E-state index contributed by atoms with van der Waals surface area (Å²) in [6.45, 7) is 16.7. The van der Waals surface area contributed by atoms with Crippen LogP contribution in [-0.2, 0) is 4.79 Å². The summed E-state index contributed by atoms with van der Waals surface area (Å²) < 4.78 is 0. The standard InChI is InChI=1S/C17H32N2O.C2H6/c1-4-17(20)16-7-9-18(10-8-16)13-15-5-11-19(12-6-15)14(2)3;1-2/h14-16H,4-13H2,1-3H3;1-2H3. The van der Waals surface area contributed by atoms with Crippen LogP contribution >= 0.6 is 0 Å². The molecule has 3 heteroatoms. The number of ketones is 1. The molecule has 0 aromatic heterocycles. The van der Waals surface area contributed by atoms with Gasteiger partial charge < -0.3 is 9.80 Å². The predicted octanol–water partition coefficient (Wildman–Crippen LogP) is 3.82. The number of nitrogens with zero attached hydrogens (tertiary/aromatic N) is 2. The van der Waals surface area contributed by atoms with Crippen LogP contribution in [0, 0.1) is 11.8 Å². The summed E-state index contributed by atoms with van der Waals surface area (Å²) in [5, 5.41) is 0. The second-order valence-corrected chi connectivity index (χ2v) is 6.97. The van der Waals surface area contributed by atoms with Crippen LogP contribution in [-0.4, -0.2) is 54.3 Å². The minimum absolute atomic E-state index is 0.360. The van der Waals surface area contributed by atoms with E-state index in [0.29, 0.717) is 17.7 Å². The number of likely N-dealkylation sites (tertiary alicyclic amines) is 2. The minimum atomic E-state index is 0.360. The van der Waals surface area contributed by atoms with Gasteiger partial charge in [-0.3, -0.25) is 4.79 Å². The number of carbonyl (C=O) groups excluding carboxylic acids is 1. The largest absolute Gasteiger partial charge is 0.303 e. The maximum absolute atomic E-state index is 11.7. The van der Waals surface area contributed by atoms with Crippen LogP contribution in [0.5, 0.6) is 0 Å². The van der Waals surface area contributed by atoms with Crippen LogP contribution in [0.2, 0.25) is 0 Å². The lowest BCUT2D eigenvalue weighted by molar-refractivity contribution is -0.124. The number of piperidine rings is 2. The van der Waals surface area contributed by atoms with Crippen LogP contribution in [0.3, 0.4) is 0 Å². The molecule has 0 N–H and O–H groups in total. The summed E-state index contributed by atoms with van der Waals surface area (Å²) in [6, 6.07) is 0.701. The fourth-order valence-electron chi connectivity index (χ4n) is 3.74. The highest BCUT2D eigenvalue weighted by Gasteiger charge is 2.27. The van der Waals surface area contributed by atoms with E-state index in [2.05, 4.69) is 23.6 Å². The van der Waals surface area contributed by atoms with E-state index in [0.717, 1.165) is 38.3 Å². The van der Waals surface area contributed by atoms with Crippen LogP contribution in [0.1, 0.15) is 66.7 Å². The first-order valence-corrected chi connectivity index (χ1v) is 9.59. The molecule has 0 unspecified atom stereocenters. The SMILES string of the molecule is CC.CCC(=O)C1CCN(CC2CCN(C(C)C)CC2)CC1. The van der Waals surface area contributed by atoms with Gasteiger partial charge in [0.1, 0.15) is 5.78 Å². The first kappa shape index (κ1) is 19.6. The van der Waals surface area contributed by atoms with E-state index in [4.69, 9.17) is 0 Å².